The quantitative estimate of drug-likeness (QED) is 0.483. The molecule has 0 aliphatic heterocycles. The van der Waals surface area contributed by atoms with Crippen molar-refractivity contribution in [2.75, 3.05) is 0 Å². The molecule has 0 heterocycles. The van der Waals surface area contributed by atoms with Gasteiger partial charge in [-0.05, 0) is 18.3 Å². The highest BCUT2D eigenvalue weighted by Crippen LogP contribution is 2.18. The van der Waals surface area contributed by atoms with E-state index >= 15 is 0 Å². The standard InChI is InChI=1S/C16H32O2/c1-14(2)10-9-12-15(3)11-7-5-4-6-8-13-16(17)18/h14-15H,4-13H2,1-3H3,(H,17,18). The first-order chi connectivity index (χ1) is 8.52. The van der Waals surface area contributed by atoms with Crippen LogP contribution in [0.2, 0.25) is 0 Å². The predicted octanol–water partition coefficient (Wildman–Crippen LogP) is 5.26. The lowest BCUT2D eigenvalue weighted by Crippen LogP contribution is -1.97. The fourth-order valence-electron chi connectivity index (χ4n) is 2.32. The summed E-state index contributed by atoms with van der Waals surface area (Å²) in [4.78, 5) is 10.3. The molecular formula is C16H32O2. The molecule has 0 rings (SSSR count). The van der Waals surface area contributed by atoms with E-state index in [4.69, 9.17) is 5.11 Å². The Bertz CT molecular complexity index is 199. The molecule has 2 nitrogen and oxygen atoms in total. The van der Waals surface area contributed by atoms with Crippen LogP contribution >= 0.6 is 0 Å². The van der Waals surface area contributed by atoms with Gasteiger partial charge < -0.3 is 5.11 Å². The number of aliphatic carboxylic acids is 1. The summed E-state index contributed by atoms with van der Waals surface area (Å²) in [5, 5.41) is 8.51. The van der Waals surface area contributed by atoms with Gasteiger partial charge in [0.05, 0.1) is 0 Å². The molecule has 0 aromatic rings. The highest BCUT2D eigenvalue weighted by Gasteiger charge is 2.03. The van der Waals surface area contributed by atoms with Crippen LogP contribution in [-0.2, 0) is 4.79 Å². The van der Waals surface area contributed by atoms with Crippen molar-refractivity contribution in [2.24, 2.45) is 11.8 Å². The molecule has 108 valence electrons. The van der Waals surface area contributed by atoms with E-state index in [-0.39, 0.29) is 0 Å². The minimum atomic E-state index is -0.659. The number of hydrogen-bond acceptors (Lipinski definition) is 1. The number of carboxylic acids is 1. The summed E-state index contributed by atoms with van der Waals surface area (Å²) in [6.07, 6.45) is 11.5. The van der Waals surface area contributed by atoms with E-state index in [1.54, 1.807) is 0 Å². The molecule has 1 unspecified atom stereocenters. The van der Waals surface area contributed by atoms with Gasteiger partial charge in [-0.2, -0.15) is 0 Å². The lowest BCUT2D eigenvalue weighted by atomic mass is 9.95. The van der Waals surface area contributed by atoms with Gasteiger partial charge in [-0.25, -0.2) is 0 Å². The van der Waals surface area contributed by atoms with Crippen molar-refractivity contribution in [1.29, 1.82) is 0 Å². The van der Waals surface area contributed by atoms with Gasteiger partial charge >= 0.3 is 5.97 Å². The maximum atomic E-state index is 10.3. The number of carboxylic acid groups (broad SMARTS) is 1. The van der Waals surface area contributed by atoms with Crippen LogP contribution in [-0.4, -0.2) is 11.1 Å². The molecule has 18 heavy (non-hydrogen) atoms. The Balaban J connectivity index is 3.20. The summed E-state index contributed by atoms with van der Waals surface area (Å²) in [6, 6.07) is 0. The lowest BCUT2D eigenvalue weighted by molar-refractivity contribution is -0.137. The topological polar surface area (TPSA) is 37.3 Å². The molecular weight excluding hydrogens is 224 g/mol. The van der Waals surface area contributed by atoms with E-state index in [9.17, 15) is 4.79 Å². The molecule has 0 aliphatic carbocycles. The molecule has 0 saturated carbocycles. The SMILES string of the molecule is CC(C)CCCC(C)CCCCCCCC(=O)O. The van der Waals surface area contributed by atoms with Crippen LogP contribution < -0.4 is 0 Å². The third-order valence-corrected chi connectivity index (χ3v) is 3.57. The number of carbonyl (C=O) groups is 1. The summed E-state index contributed by atoms with van der Waals surface area (Å²) < 4.78 is 0. The van der Waals surface area contributed by atoms with Crippen LogP contribution in [0.4, 0.5) is 0 Å². The second kappa shape index (κ2) is 11.6. The van der Waals surface area contributed by atoms with Crippen molar-refractivity contribution in [3.05, 3.63) is 0 Å². The number of hydrogen-bond donors (Lipinski definition) is 1. The van der Waals surface area contributed by atoms with Crippen molar-refractivity contribution < 1.29 is 9.90 Å². The van der Waals surface area contributed by atoms with Crippen molar-refractivity contribution in [2.45, 2.75) is 85.0 Å². The van der Waals surface area contributed by atoms with Crippen molar-refractivity contribution >= 4 is 5.97 Å². The van der Waals surface area contributed by atoms with Gasteiger partial charge in [0.2, 0.25) is 0 Å². The van der Waals surface area contributed by atoms with Gasteiger partial charge in [-0.3, -0.25) is 4.79 Å². The van der Waals surface area contributed by atoms with E-state index < -0.39 is 5.97 Å². The first-order valence-corrected chi connectivity index (χ1v) is 7.74. The average molecular weight is 256 g/mol. The third-order valence-electron chi connectivity index (χ3n) is 3.57. The molecule has 0 saturated heterocycles. The fourth-order valence-corrected chi connectivity index (χ4v) is 2.32. The number of unbranched alkanes of at least 4 members (excludes halogenated alkanes) is 4. The molecule has 0 radical (unpaired) electrons. The molecule has 1 N–H and O–H groups in total. The Morgan fingerprint density at radius 1 is 0.833 bits per heavy atom. The summed E-state index contributed by atoms with van der Waals surface area (Å²) in [6.45, 7) is 6.95. The zero-order chi connectivity index (χ0) is 13.8. The van der Waals surface area contributed by atoms with Crippen LogP contribution in [0.5, 0.6) is 0 Å². The Morgan fingerprint density at radius 2 is 1.39 bits per heavy atom. The fraction of sp³-hybridized carbons (Fsp3) is 0.938. The summed E-state index contributed by atoms with van der Waals surface area (Å²) >= 11 is 0. The summed E-state index contributed by atoms with van der Waals surface area (Å²) in [5.41, 5.74) is 0. The molecule has 0 spiro atoms. The predicted molar refractivity (Wildman–Crippen MR) is 77.8 cm³/mol. The lowest BCUT2D eigenvalue weighted by Gasteiger charge is -2.12. The van der Waals surface area contributed by atoms with Gasteiger partial charge in [0.1, 0.15) is 0 Å². The smallest absolute Gasteiger partial charge is 0.303 e. The van der Waals surface area contributed by atoms with Gasteiger partial charge in [0, 0.05) is 6.42 Å². The van der Waals surface area contributed by atoms with Crippen LogP contribution in [0.25, 0.3) is 0 Å². The van der Waals surface area contributed by atoms with E-state index in [1.165, 1.54) is 44.9 Å². The van der Waals surface area contributed by atoms with E-state index in [0.29, 0.717) is 6.42 Å². The minimum absolute atomic E-state index is 0.339. The minimum Gasteiger partial charge on any atom is -0.481 e. The second-order valence-electron chi connectivity index (χ2n) is 6.13. The monoisotopic (exact) mass is 256 g/mol. The Morgan fingerprint density at radius 3 is 2.00 bits per heavy atom. The van der Waals surface area contributed by atoms with Gasteiger partial charge in [-0.15, -0.1) is 0 Å². The Labute approximate surface area is 113 Å². The maximum Gasteiger partial charge on any atom is 0.303 e. The van der Waals surface area contributed by atoms with Crippen molar-refractivity contribution in [1.82, 2.24) is 0 Å². The normalized spacial score (nSPS) is 12.9. The van der Waals surface area contributed by atoms with E-state index in [0.717, 1.165) is 24.7 Å². The van der Waals surface area contributed by atoms with Crippen molar-refractivity contribution in [3.8, 4) is 0 Å². The van der Waals surface area contributed by atoms with Crippen LogP contribution in [0.3, 0.4) is 0 Å². The van der Waals surface area contributed by atoms with Gasteiger partial charge in [0.15, 0.2) is 0 Å². The zero-order valence-corrected chi connectivity index (χ0v) is 12.6. The van der Waals surface area contributed by atoms with Gasteiger partial charge in [0.25, 0.3) is 0 Å². The molecule has 2 heteroatoms. The summed E-state index contributed by atoms with van der Waals surface area (Å²) in [7, 11) is 0. The maximum absolute atomic E-state index is 10.3. The van der Waals surface area contributed by atoms with Crippen LogP contribution in [0, 0.1) is 11.8 Å². The largest absolute Gasteiger partial charge is 0.481 e. The average Bonchev–Trinajstić information content (AvgIpc) is 2.26. The number of rotatable bonds is 12. The molecule has 1 atom stereocenters. The molecule has 0 aromatic carbocycles. The van der Waals surface area contributed by atoms with E-state index in [1.807, 2.05) is 0 Å². The van der Waals surface area contributed by atoms with Crippen LogP contribution in [0.1, 0.15) is 85.0 Å². The molecule has 0 fully saturated rings. The third kappa shape index (κ3) is 13.5. The Hall–Kier alpha value is -0.530. The summed E-state index contributed by atoms with van der Waals surface area (Å²) in [5.74, 6) is 1.04. The molecule has 0 aromatic heterocycles. The van der Waals surface area contributed by atoms with Gasteiger partial charge in [-0.1, -0.05) is 72.1 Å². The van der Waals surface area contributed by atoms with Crippen molar-refractivity contribution in [3.63, 3.8) is 0 Å². The highest BCUT2D eigenvalue weighted by molar-refractivity contribution is 5.66. The first kappa shape index (κ1) is 17.5. The molecule has 0 bridgehead atoms. The first-order valence-electron chi connectivity index (χ1n) is 7.74. The molecule has 0 amide bonds. The Kier molecular flexibility index (Phi) is 11.2. The zero-order valence-electron chi connectivity index (χ0n) is 12.6. The van der Waals surface area contributed by atoms with E-state index in [2.05, 4.69) is 20.8 Å². The van der Waals surface area contributed by atoms with Crippen LogP contribution in [0.15, 0.2) is 0 Å². The second-order valence-corrected chi connectivity index (χ2v) is 6.13. The molecule has 0 aliphatic rings. The highest BCUT2D eigenvalue weighted by atomic mass is 16.4.